The summed E-state index contributed by atoms with van der Waals surface area (Å²) in [6.45, 7) is 1.79. The van der Waals surface area contributed by atoms with Gasteiger partial charge < -0.3 is 5.11 Å². The van der Waals surface area contributed by atoms with Crippen molar-refractivity contribution in [3.63, 3.8) is 0 Å². The Kier molecular flexibility index (Phi) is 3.67. The van der Waals surface area contributed by atoms with Crippen molar-refractivity contribution in [2.45, 2.75) is 63.9 Å². The normalized spacial score (nSPS) is 43.9. The van der Waals surface area contributed by atoms with Gasteiger partial charge in [-0.05, 0) is 75.0 Å². The zero-order chi connectivity index (χ0) is 14.3. The zero-order valence-corrected chi connectivity index (χ0v) is 12.5. The molecule has 6 unspecified atom stereocenters. The number of carbonyl (C=O) groups is 1. The maximum atomic E-state index is 11.6. The van der Waals surface area contributed by atoms with Gasteiger partial charge >= 0.3 is 0 Å². The summed E-state index contributed by atoms with van der Waals surface area (Å²) in [5, 5.41) is 10.3. The van der Waals surface area contributed by atoms with E-state index in [0.29, 0.717) is 11.7 Å². The average molecular weight is 274 g/mol. The van der Waals surface area contributed by atoms with Gasteiger partial charge in [0.15, 0.2) is 0 Å². The predicted octanol–water partition coefficient (Wildman–Crippen LogP) is 3.18. The predicted molar refractivity (Wildman–Crippen MR) is 78.8 cm³/mol. The van der Waals surface area contributed by atoms with E-state index >= 15 is 0 Å². The van der Waals surface area contributed by atoms with Crippen LogP contribution in [0, 0.1) is 41.9 Å². The van der Waals surface area contributed by atoms with Crippen molar-refractivity contribution in [1.29, 1.82) is 0 Å². The Hall–Kier alpha value is -0.810. The van der Waals surface area contributed by atoms with Gasteiger partial charge in [0.2, 0.25) is 0 Å². The second-order valence-corrected chi connectivity index (χ2v) is 7.51. The molecule has 2 nitrogen and oxygen atoms in total. The molecule has 3 rings (SSSR count). The molecule has 110 valence electrons. The maximum absolute atomic E-state index is 11.6. The van der Waals surface area contributed by atoms with Gasteiger partial charge in [-0.15, -0.1) is 6.42 Å². The van der Waals surface area contributed by atoms with Gasteiger partial charge in [0, 0.05) is 12.8 Å². The molecule has 0 amide bonds. The second kappa shape index (κ2) is 5.19. The van der Waals surface area contributed by atoms with Gasteiger partial charge in [-0.25, -0.2) is 0 Å². The standard InChI is InChI=1S/C18H26O2/c1-3-18(2,20)14-6-8-16-12(10-14)4-5-13-11-15(19)7-9-17(13)16/h1,12-14,16-17,20H,4-11H2,2H3. The molecule has 0 radical (unpaired) electrons. The summed E-state index contributed by atoms with van der Waals surface area (Å²) in [5.41, 5.74) is -0.940. The Bertz CT molecular complexity index is 431. The van der Waals surface area contributed by atoms with E-state index in [0.717, 1.165) is 49.9 Å². The van der Waals surface area contributed by atoms with Crippen molar-refractivity contribution in [3.8, 4) is 12.3 Å². The first kappa shape index (κ1) is 14.1. The van der Waals surface area contributed by atoms with Gasteiger partial charge in [-0.3, -0.25) is 4.79 Å². The minimum Gasteiger partial charge on any atom is -0.378 e. The van der Waals surface area contributed by atoms with Crippen LogP contribution < -0.4 is 0 Å². The number of rotatable bonds is 1. The highest BCUT2D eigenvalue weighted by Gasteiger charge is 2.46. The second-order valence-electron chi connectivity index (χ2n) is 7.51. The first-order chi connectivity index (χ1) is 9.51. The molecular weight excluding hydrogens is 248 g/mol. The quantitative estimate of drug-likeness (QED) is 0.746. The molecule has 0 bridgehead atoms. The van der Waals surface area contributed by atoms with Crippen molar-refractivity contribution < 1.29 is 9.90 Å². The van der Waals surface area contributed by atoms with Crippen molar-refractivity contribution >= 4 is 5.78 Å². The molecule has 0 aliphatic heterocycles. The van der Waals surface area contributed by atoms with Crippen LogP contribution in [0.15, 0.2) is 0 Å². The van der Waals surface area contributed by atoms with Crippen LogP contribution in [0.25, 0.3) is 0 Å². The molecule has 3 saturated carbocycles. The SMILES string of the molecule is C#CC(C)(O)C1CCC2C(CCC3CC(=O)CCC32)C1. The molecular formula is C18H26O2. The first-order valence-corrected chi connectivity index (χ1v) is 8.23. The van der Waals surface area contributed by atoms with E-state index in [1.807, 2.05) is 0 Å². The number of hydrogen-bond donors (Lipinski definition) is 1. The van der Waals surface area contributed by atoms with E-state index in [2.05, 4.69) is 5.92 Å². The van der Waals surface area contributed by atoms with Gasteiger partial charge in [0.05, 0.1) is 0 Å². The molecule has 0 aromatic carbocycles. The van der Waals surface area contributed by atoms with E-state index in [-0.39, 0.29) is 5.92 Å². The lowest BCUT2D eigenvalue weighted by atomic mass is 9.55. The molecule has 3 fully saturated rings. The summed E-state index contributed by atoms with van der Waals surface area (Å²) in [4.78, 5) is 11.6. The lowest BCUT2D eigenvalue weighted by Crippen LogP contribution is -2.45. The number of Topliss-reactive ketones (excluding diaryl/α,β-unsaturated/α-hetero) is 1. The van der Waals surface area contributed by atoms with Gasteiger partial charge in [0.1, 0.15) is 11.4 Å². The number of aliphatic hydroxyl groups is 1. The van der Waals surface area contributed by atoms with Crippen LogP contribution in [0.2, 0.25) is 0 Å². The van der Waals surface area contributed by atoms with Crippen molar-refractivity contribution in [2.24, 2.45) is 29.6 Å². The molecule has 3 aliphatic carbocycles. The highest BCUT2D eigenvalue weighted by molar-refractivity contribution is 5.79. The highest BCUT2D eigenvalue weighted by Crippen LogP contribution is 2.53. The van der Waals surface area contributed by atoms with Crippen LogP contribution in [0.1, 0.15) is 58.3 Å². The molecule has 20 heavy (non-hydrogen) atoms. The van der Waals surface area contributed by atoms with Crippen LogP contribution in [-0.4, -0.2) is 16.5 Å². The third-order valence-corrected chi connectivity index (χ3v) is 6.44. The molecule has 0 aromatic heterocycles. The summed E-state index contributed by atoms with van der Waals surface area (Å²) in [7, 11) is 0. The molecule has 1 N–H and O–H groups in total. The summed E-state index contributed by atoms with van der Waals surface area (Å²) in [6, 6.07) is 0. The fourth-order valence-electron chi connectivity index (χ4n) is 5.23. The van der Waals surface area contributed by atoms with Crippen molar-refractivity contribution in [1.82, 2.24) is 0 Å². The molecule has 0 heterocycles. The summed E-state index contributed by atoms with van der Waals surface area (Å²) >= 11 is 0. The minimum atomic E-state index is -0.940. The van der Waals surface area contributed by atoms with Gasteiger partial charge in [-0.2, -0.15) is 0 Å². The Morgan fingerprint density at radius 1 is 1.15 bits per heavy atom. The largest absolute Gasteiger partial charge is 0.378 e. The molecule has 3 aliphatic rings. The summed E-state index contributed by atoms with van der Waals surface area (Å²) in [5.74, 6) is 6.25. The molecule has 0 spiro atoms. The van der Waals surface area contributed by atoms with E-state index in [4.69, 9.17) is 6.42 Å². The van der Waals surface area contributed by atoms with Crippen LogP contribution in [0.3, 0.4) is 0 Å². The third-order valence-electron chi connectivity index (χ3n) is 6.44. The summed E-state index contributed by atoms with van der Waals surface area (Å²) in [6.07, 6.45) is 14.0. The van der Waals surface area contributed by atoms with E-state index in [1.54, 1.807) is 6.92 Å². The Labute approximate surface area is 122 Å². The maximum Gasteiger partial charge on any atom is 0.133 e. The lowest BCUT2D eigenvalue weighted by Gasteiger charge is -2.50. The Morgan fingerprint density at radius 2 is 1.85 bits per heavy atom. The van der Waals surface area contributed by atoms with Gasteiger partial charge in [0.25, 0.3) is 0 Å². The molecule has 0 aromatic rings. The summed E-state index contributed by atoms with van der Waals surface area (Å²) < 4.78 is 0. The molecule has 2 heteroatoms. The number of fused-ring (bicyclic) bond motifs is 3. The molecule has 6 atom stereocenters. The molecule has 0 saturated heterocycles. The number of carbonyl (C=O) groups excluding carboxylic acids is 1. The fourth-order valence-corrected chi connectivity index (χ4v) is 5.23. The number of hydrogen-bond acceptors (Lipinski definition) is 2. The van der Waals surface area contributed by atoms with E-state index < -0.39 is 5.60 Å². The lowest BCUT2D eigenvalue weighted by molar-refractivity contribution is -0.125. The van der Waals surface area contributed by atoms with E-state index in [1.165, 1.54) is 19.3 Å². The van der Waals surface area contributed by atoms with E-state index in [9.17, 15) is 9.90 Å². The topological polar surface area (TPSA) is 37.3 Å². The Morgan fingerprint density at radius 3 is 2.60 bits per heavy atom. The number of ketones is 1. The van der Waals surface area contributed by atoms with Crippen LogP contribution in [0.4, 0.5) is 0 Å². The van der Waals surface area contributed by atoms with Crippen LogP contribution in [0.5, 0.6) is 0 Å². The van der Waals surface area contributed by atoms with Crippen molar-refractivity contribution in [2.75, 3.05) is 0 Å². The number of terminal acetylenes is 1. The highest BCUT2D eigenvalue weighted by atomic mass is 16.3. The Balaban J connectivity index is 1.70. The monoisotopic (exact) mass is 274 g/mol. The minimum absolute atomic E-state index is 0.260. The third kappa shape index (κ3) is 2.42. The first-order valence-electron chi connectivity index (χ1n) is 8.23. The van der Waals surface area contributed by atoms with Crippen LogP contribution >= 0.6 is 0 Å². The van der Waals surface area contributed by atoms with Crippen molar-refractivity contribution in [3.05, 3.63) is 0 Å². The zero-order valence-electron chi connectivity index (χ0n) is 12.5. The smallest absolute Gasteiger partial charge is 0.133 e. The van der Waals surface area contributed by atoms with Crippen LogP contribution in [-0.2, 0) is 4.79 Å². The van der Waals surface area contributed by atoms with Gasteiger partial charge in [-0.1, -0.05) is 5.92 Å². The average Bonchev–Trinajstić information content (AvgIpc) is 2.46. The fraction of sp³-hybridized carbons (Fsp3) is 0.833.